The summed E-state index contributed by atoms with van der Waals surface area (Å²) < 4.78 is 19.7. The van der Waals surface area contributed by atoms with Gasteiger partial charge in [0.1, 0.15) is 5.75 Å². The van der Waals surface area contributed by atoms with Crippen molar-refractivity contribution >= 4 is 5.95 Å². The normalized spacial score (nSPS) is 22.8. The van der Waals surface area contributed by atoms with Crippen LogP contribution in [0.3, 0.4) is 0 Å². The van der Waals surface area contributed by atoms with Crippen molar-refractivity contribution in [2.45, 2.75) is 6.92 Å². The van der Waals surface area contributed by atoms with Crippen molar-refractivity contribution in [2.75, 3.05) is 24.6 Å². The highest BCUT2D eigenvalue weighted by Crippen LogP contribution is 2.52. The van der Waals surface area contributed by atoms with E-state index in [1.165, 1.54) is 6.20 Å². The van der Waals surface area contributed by atoms with Gasteiger partial charge in [0.2, 0.25) is 5.95 Å². The second-order valence-corrected chi connectivity index (χ2v) is 7.50. The monoisotopic (exact) mass is 379 g/mol. The van der Waals surface area contributed by atoms with Crippen molar-refractivity contribution in [3.63, 3.8) is 0 Å². The molecule has 3 aromatic heterocycles. The molecule has 2 aliphatic rings. The molecule has 144 valence electrons. The van der Waals surface area contributed by atoms with Crippen LogP contribution in [0.4, 0.5) is 10.3 Å². The van der Waals surface area contributed by atoms with E-state index in [-0.39, 0.29) is 7.24 Å². The average molecular weight is 379 g/mol. The molecule has 1 aliphatic carbocycles. The number of ether oxygens (including phenoxy) is 1. The van der Waals surface area contributed by atoms with Gasteiger partial charge in [-0.1, -0.05) is 0 Å². The molecule has 5 rings (SSSR count). The summed E-state index contributed by atoms with van der Waals surface area (Å²) in [6.07, 6.45) is 8.13. The van der Waals surface area contributed by atoms with Crippen LogP contribution in [0.1, 0.15) is 6.99 Å². The third kappa shape index (κ3) is 3.17. The van der Waals surface area contributed by atoms with E-state index in [0.29, 0.717) is 41.4 Å². The van der Waals surface area contributed by atoms with Gasteiger partial charge in [0, 0.05) is 44.6 Å². The van der Waals surface area contributed by atoms with Gasteiger partial charge in [-0.05, 0) is 42.5 Å². The number of aryl methyl sites for hydroxylation is 1. The largest absolute Gasteiger partial charge is 0.492 e. The number of halogens is 1. The molecule has 0 aromatic carbocycles. The Balaban J connectivity index is 0.00000205. The van der Waals surface area contributed by atoms with E-state index in [1.807, 2.05) is 25.4 Å². The maximum absolute atomic E-state index is 13.8. The van der Waals surface area contributed by atoms with E-state index < -0.39 is 0 Å². The van der Waals surface area contributed by atoms with Gasteiger partial charge in [0.05, 0.1) is 24.7 Å². The first-order valence-electron chi connectivity index (χ1n) is 9.41. The highest BCUT2D eigenvalue weighted by Gasteiger charge is 2.56. The van der Waals surface area contributed by atoms with Crippen molar-refractivity contribution in [2.24, 2.45) is 17.8 Å². The number of aromatic nitrogens is 4. The first kappa shape index (κ1) is 17.0. The number of pyridine rings is 2. The molecule has 28 heavy (non-hydrogen) atoms. The van der Waals surface area contributed by atoms with Crippen LogP contribution in [0.25, 0.3) is 11.3 Å². The minimum absolute atomic E-state index is 0. The third-order valence-electron chi connectivity index (χ3n) is 5.65. The molecular formula is C21H22FN5O. The van der Waals surface area contributed by atoms with Crippen LogP contribution >= 0.6 is 0 Å². The van der Waals surface area contributed by atoms with Crippen molar-refractivity contribution in [1.29, 1.82) is 0 Å². The van der Waals surface area contributed by atoms with Crippen LogP contribution < -0.4 is 9.64 Å². The predicted octanol–water partition coefficient (Wildman–Crippen LogP) is 3.39. The maximum atomic E-state index is 13.8. The highest BCUT2D eigenvalue weighted by molar-refractivity contribution is 5.59. The Kier molecular flexibility index (Phi) is 4.15. The quantitative estimate of drug-likeness (QED) is 0.677. The lowest BCUT2D eigenvalue weighted by Gasteiger charge is -2.19. The van der Waals surface area contributed by atoms with Crippen molar-refractivity contribution in [3.05, 3.63) is 60.6 Å². The SMILES string of the molecule is Cc1cnc(N2CC3C(COc4ccc(-c5ccncc5F)nc4)[C@@H]3C2)nc1.[HH]. The molecule has 3 atom stereocenters. The predicted molar refractivity (Wildman–Crippen MR) is 104 cm³/mol. The molecule has 1 saturated heterocycles. The molecule has 1 saturated carbocycles. The Morgan fingerprint density at radius 2 is 1.86 bits per heavy atom. The molecule has 0 radical (unpaired) electrons. The van der Waals surface area contributed by atoms with E-state index in [4.69, 9.17) is 4.74 Å². The molecule has 2 fully saturated rings. The molecular weight excluding hydrogens is 357 g/mol. The first-order chi connectivity index (χ1) is 13.7. The van der Waals surface area contributed by atoms with Gasteiger partial charge in [-0.15, -0.1) is 0 Å². The zero-order valence-corrected chi connectivity index (χ0v) is 15.5. The molecule has 0 spiro atoms. The average Bonchev–Trinajstić information content (AvgIpc) is 3.16. The number of piperidine rings is 1. The Labute approximate surface area is 163 Å². The van der Waals surface area contributed by atoms with E-state index in [1.54, 1.807) is 24.5 Å². The van der Waals surface area contributed by atoms with E-state index in [0.717, 1.165) is 24.6 Å². The van der Waals surface area contributed by atoms with Gasteiger partial charge in [-0.25, -0.2) is 14.4 Å². The topological polar surface area (TPSA) is 64.0 Å². The Hall–Kier alpha value is -3.09. The summed E-state index contributed by atoms with van der Waals surface area (Å²) in [6.45, 7) is 4.65. The second kappa shape index (κ2) is 6.82. The maximum Gasteiger partial charge on any atom is 0.225 e. The molecule has 1 aliphatic heterocycles. The standard InChI is InChI=1S/C21H20FN5O.H2/c1-13-6-25-21(26-7-13)27-10-16-17(11-27)18(16)12-28-14-2-3-20(24-8-14)15-4-5-23-9-19(15)22;/h2-9,16-18H,10-12H2,1H3;1H/t16-,17?,18?;/m1./s1. The molecule has 7 heteroatoms. The lowest BCUT2D eigenvalue weighted by Crippen LogP contribution is -2.27. The van der Waals surface area contributed by atoms with Gasteiger partial charge in [-0.3, -0.25) is 9.97 Å². The zero-order valence-electron chi connectivity index (χ0n) is 15.5. The lowest BCUT2D eigenvalue weighted by molar-refractivity contribution is 0.282. The number of rotatable bonds is 5. The summed E-state index contributed by atoms with van der Waals surface area (Å²) in [7, 11) is 0. The van der Waals surface area contributed by atoms with E-state index >= 15 is 0 Å². The summed E-state index contributed by atoms with van der Waals surface area (Å²) in [5.74, 6) is 3.00. The van der Waals surface area contributed by atoms with Crippen LogP contribution in [-0.2, 0) is 0 Å². The van der Waals surface area contributed by atoms with Crippen molar-refractivity contribution in [3.8, 4) is 17.0 Å². The summed E-state index contributed by atoms with van der Waals surface area (Å²) in [5, 5.41) is 0. The van der Waals surface area contributed by atoms with Gasteiger partial charge in [0.25, 0.3) is 0 Å². The van der Waals surface area contributed by atoms with E-state index in [9.17, 15) is 4.39 Å². The fourth-order valence-electron chi connectivity index (χ4n) is 4.01. The van der Waals surface area contributed by atoms with Gasteiger partial charge >= 0.3 is 0 Å². The number of hydrogen-bond acceptors (Lipinski definition) is 6. The smallest absolute Gasteiger partial charge is 0.225 e. The van der Waals surface area contributed by atoms with Crippen LogP contribution in [0.2, 0.25) is 0 Å². The van der Waals surface area contributed by atoms with E-state index in [2.05, 4.69) is 24.8 Å². The molecule has 0 N–H and O–H groups in total. The van der Waals surface area contributed by atoms with Gasteiger partial charge in [-0.2, -0.15) is 0 Å². The number of nitrogens with zero attached hydrogens (tertiary/aromatic N) is 5. The number of hydrogen-bond donors (Lipinski definition) is 0. The number of anilines is 1. The van der Waals surface area contributed by atoms with Gasteiger partial charge in [0.15, 0.2) is 5.82 Å². The van der Waals surface area contributed by atoms with Crippen LogP contribution in [0.15, 0.2) is 49.2 Å². The Morgan fingerprint density at radius 3 is 2.54 bits per heavy atom. The minimum Gasteiger partial charge on any atom is -0.492 e. The summed E-state index contributed by atoms with van der Waals surface area (Å²) in [6, 6.07) is 5.23. The minimum atomic E-state index is -0.378. The highest BCUT2D eigenvalue weighted by atomic mass is 19.1. The first-order valence-corrected chi connectivity index (χ1v) is 9.41. The third-order valence-corrected chi connectivity index (χ3v) is 5.65. The van der Waals surface area contributed by atoms with Crippen LogP contribution in [0, 0.1) is 30.5 Å². The zero-order chi connectivity index (χ0) is 19.1. The van der Waals surface area contributed by atoms with Crippen LogP contribution in [0.5, 0.6) is 5.75 Å². The van der Waals surface area contributed by atoms with Crippen LogP contribution in [-0.4, -0.2) is 39.6 Å². The molecule has 0 bridgehead atoms. The molecule has 6 nitrogen and oxygen atoms in total. The van der Waals surface area contributed by atoms with Crippen molar-refractivity contribution in [1.82, 2.24) is 19.9 Å². The van der Waals surface area contributed by atoms with Gasteiger partial charge < -0.3 is 9.64 Å². The number of fused-ring (bicyclic) bond motifs is 1. The van der Waals surface area contributed by atoms with Crippen molar-refractivity contribution < 1.29 is 10.6 Å². The Bertz CT molecular complexity index is 973. The summed E-state index contributed by atoms with van der Waals surface area (Å²) in [5.41, 5.74) is 2.09. The Morgan fingerprint density at radius 1 is 1.07 bits per heavy atom. The summed E-state index contributed by atoms with van der Waals surface area (Å²) in [4.78, 5) is 19.2. The molecule has 2 unspecified atom stereocenters. The second-order valence-electron chi connectivity index (χ2n) is 7.50. The molecule has 4 heterocycles. The fraction of sp³-hybridized carbons (Fsp3) is 0.333. The molecule has 0 amide bonds. The lowest BCUT2D eigenvalue weighted by atomic mass is 10.2. The fourth-order valence-corrected chi connectivity index (χ4v) is 4.01. The molecule has 3 aromatic rings. The summed E-state index contributed by atoms with van der Waals surface area (Å²) >= 11 is 0.